The maximum Gasteiger partial charge on any atom is 0.353 e. The molecule has 3 N–H and O–H groups in total. The monoisotopic (exact) mass is 159 g/mol. The fraction of sp³-hybridized carbons (Fsp3) is 0.571. The second-order valence-electron chi connectivity index (χ2n) is 2.19. The summed E-state index contributed by atoms with van der Waals surface area (Å²) in [5, 5.41) is 8.94. The van der Waals surface area contributed by atoms with Gasteiger partial charge in [0.15, 0.2) is 0 Å². The molecule has 0 bridgehead atoms. The summed E-state index contributed by atoms with van der Waals surface area (Å²) in [6.45, 7) is 4.95. The van der Waals surface area contributed by atoms with Gasteiger partial charge in [-0.05, 0) is 6.42 Å². The molecule has 0 aliphatic heterocycles. The van der Waals surface area contributed by atoms with Gasteiger partial charge in [-0.1, -0.05) is 13.5 Å². The average Bonchev–Trinajstić information content (AvgIpc) is 1.99. The molecule has 0 aromatic rings. The predicted molar refractivity (Wildman–Crippen MR) is 40.6 cm³/mol. The van der Waals surface area contributed by atoms with Crippen molar-refractivity contribution in [3.8, 4) is 0 Å². The first-order chi connectivity index (χ1) is 5.07. The van der Waals surface area contributed by atoms with Gasteiger partial charge < -0.3 is 15.6 Å². The van der Waals surface area contributed by atoms with Gasteiger partial charge in [0, 0.05) is 0 Å². The Labute approximate surface area is 65.6 Å². The number of ether oxygens (including phenoxy) is 1. The van der Waals surface area contributed by atoms with E-state index in [0.29, 0.717) is 6.42 Å². The zero-order valence-electron chi connectivity index (χ0n) is 6.54. The Bertz CT molecular complexity index is 156. The number of hydrogen-bond acceptors (Lipinski definition) is 4. The zero-order chi connectivity index (χ0) is 8.85. The highest BCUT2D eigenvalue weighted by Gasteiger charge is 2.07. The molecule has 1 atom stereocenters. The summed E-state index contributed by atoms with van der Waals surface area (Å²) < 4.78 is 4.54. The van der Waals surface area contributed by atoms with Gasteiger partial charge in [-0.25, -0.2) is 4.79 Å². The quantitative estimate of drug-likeness (QED) is 0.439. The van der Waals surface area contributed by atoms with Gasteiger partial charge in [0.25, 0.3) is 0 Å². The topological polar surface area (TPSA) is 72.6 Å². The minimum absolute atomic E-state index is 0.0223. The van der Waals surface area contributed by atoms with E-state index < -0.39 is 12.1 Å². The minimum Gasteiger partial charge on any atom is -0.458 e. The van der Waals surface area contributed by atoms with E-state index in [9.17, 15) is 4.79 Å². The van der Waals surface area contributed by atoms with Crippen LogP contribution in [0.2, 0.25) is 0 Å². The number of esters is 1. The van der Waals surface area contributed by atoms with Gasteiger partial charge in [-0.3, -0.25) is 0 Å². The molecule has 1 unspecified atom stereocenters. The van der Waals surface area contributed by atoms with E-state index in [4.69, 9.17) is 10.8 Å². The molecule has 0 radical (unpaired) electrons. The van der Waals surface area contributed by atoms with E-state index in [0.717, 1.165) is 0 Å². The minimum atomic E-state index is -0.669. The first-order valence-corrected chi connectivity index (χ1v) is 3.37. The van der Waals surface area contributed by atoms with E-state index in [1.165, 1.54) is 0 Å². The molecule has 0 aliphatic carbocycles. The molecule has 0 saturated heterocycles. The Morgan fingerprint density at radius 1 is 1.82 bits per heavy atom. The summed E-state index contributed by atoms with van der Waals surface area (Å²) in [6.07, 6.45) is -0.0667. The number of carbonyl (C=O) groups excluding carboxylic acids is 1. The number of rotatable bonds is 4. The normalized spacial score (nSPS) is 12.2. The third kappa shape index (κ3) is 4.38. The van der Waals surface area contributed by atoms with Crippen LogP contribution in [0, 0.1) is 0 Å². The van der Waals surface area contributed by atoms with E-state index in [1.807, 2.05) is 0 Å². The fourth-order valence-corrected chi connectivity index (χ4v) is 0.382. The largest absolute Gasteiger partial charge is 0.458 e. The summed E-state index contributed by atoms with van der Waals surface area (Å²) in [5.41, 5.74) is 4.87. The molecule has 0 heterocycles. The standard InChI is InChI=1S/C7H13NO3/c1-3-6(9)4-11-7(10)5(2)8/h6,9H,2-4,8H2,1H3. The van der Waals surface area contributed by atoms with Crippen LogP contribution in [0.25, 0.3) is 0 Å². The third-order valence-electron chi connectivity index (χ3n) is 1.14. The molecule has 0 aromatic carbocycles. The maximum atomic E-state index is 10.6. The smallest absolute Gasteiger partial charge is 0.353 e. The Morgan fingerprint density at radius 2 is 2.36 bits per heavy atom. The molecule has 0 rings (SSSR count). The molecule has 0 amide bonds. The molecule has 4 nitrogen and oxygen atoms in total. The van der Waals surface area contributed by atoms with Gasteiger partial charge in [-0.2, -0.15) is 0 Å². The Morgan fingerprint density at radius 3 is 2.73 bits per heavy atom. The van der Waals surface area contributed by atoms with Crippen molar-refractivity contribution >= 4 is 5.97 Å². The molecule has 4 heteroatoms. The second kappa shape index (κ2) is 4.73. The van der Waals surface area contributed by atoms with E-state index in [-0.39, 0.29) is 12.3 Å². The first kappa shape index (κ1) is 9.97. The summed E-state index contributed by atoms with van der Waals surface area (Å²) in [5.74, 6) is -0.669. The molecule has 0 spiro atoms. The number of aliphatic hydroxyl groups is 1. The number of nitrogens with two attached hydrogens (primary N) is 1. The lowest BCUT2D eigenvalue weighted by atomic mass is 10.3. The summed E-state index contributed by atoms with van der Waals surface area (Å²) in [7, 11) is 0. The predicted octanol–water partition coefficient (Wildman–Crippen LogP) is -0.227. The maximum absolute atomic E-state index is 10.6. The molecular weight excluding hydrogens is 146 g/mol. The van der Waals surface area contributed by atoms with Crippen LogP contribution < -0.4 is 5.73 Å². The van der Waals surface area contributed by atoms with E-state index >= 15 is 0 Å². The molecule has 0 aliphatic rings. The van der Waals surface area contributed by atoms with Gasteiger partial charge in [0.1, 0.15) is 12.3 Å². The number of aliphatic hydroxyl groups excluding tert-OH is 1. The van der Waals surface area contributed by atoms with Crippen LogP contribution in [0.4, 0.5) is 0 Å². The van der Waals surface area contributed by atoms with Crippen molar-refractivity contribution in [2.24, 2.45) is 5.73 Å². The van der Waals surface area contributed by atoms with Crippen LogP contribution in [0.15, 0.2) is 12.3 Å². The van der Waals surface area contributed by atoms with E-state index in [2.05, 4.69) is 11.3 Å². The van der Waals surface area contributed by atoms with Gasteiger partial charge >= 0.3 is 5.97 Å². The molecule has 0 aromatic heterocycles. The van der Waals surface area contributed by atoms with Gasteiger partial charge in [0.2, 0.25) is 0 Å². The highest BCUT2D eigenvalue weighted by Crippen LogP contribution is 1.93. The van der Waals surface area contributed by atoms with Crippen LogP contribution in [-0.4, -0.2) is 23.8 Å². The van der Waals surface area contributed by atoms with Crippen molar-refractivity contribution in [2.75, 3.05) is 6.61 Å². The average molecular weight is 159 g/mol. The first-order valence-electron chi connectivity index (χ1n) is 3.37. The summed E-state index contributed by atoms with van der Waals surface area (Å²) >= 11 is 0. The van der Waals surface area contributed by atoms with Crippen LogP contribution in [-0.2, 0) is 9.53 Å². The molecular formula is C7H13NO3. The highest BCUT2D eigenvalue weighted by atomic mass is 16.5. The SMILES string of the molecule is C=C(N)C(=O)OCC(O)CC. The van der Waals surface area contributed by atoms with Crippen molar-refractivity contribution in [3.05, 3.63) is 12.3 Å². The lowest BCUT2D eigenvalue weighted by Crippen LogP contribution is -2.20. The summed E-state index contributed by atoms with van der Waals surface area (Å²) in [6, 6.07) is 0. The van der Waals surface area contributed by atoms with Crippen molar-refractivity contribution in [3.63, 3.8) is 0 Å². The highest BCUT2D eigenvalue weighted by molar-refractivity contribution is 5.86. The molecule has 64 valence electrons. The number of hydrogen-bond donors (Lipinski definition) is 2. The van der Waals surface area contributed by atoms with Crippen molar-refractivity contribution in [1.29, 1.82) is 0 Å². The number of carbonyl (C=O) groups is 1. The third-order valence-corrected chi connectivity index (χ3v) is 1.14. The van der Waals surface area contributed by atoms with Crippen LogP contribution in [0.5, 0.6) is 0 Å². The van der Waals surface area contributed by atoms with Crippen LogP contribution in [0.3, 0.4) is 0 Å². The summed E-state index contributed by atoms with van der Waals surface area (Å²) in [4.78, 5) is 10.6. The lowest BCUT2D eigenvalue weighted by molar-refractivity contribution is -0.142. The molecule has 0 fully saturated rings. The lowest BCUT2D eigenvalue weighted by Gasteiger charge is -2.07. The molecule has 11 heavy (non-hydrogen) atoms. The van der Waals surface area contributed by atoms with Crippen LogP contribution >= 0.6 is 0 Å². The van der Waals surface area contributed by atoms with Crippen molar-refractivity contribution in [1.82, 2.24) is 0 Å². The van der Waals surface area contributed by atoms with Crippen molar-refractivity contribution in [2.45, 2.75) is 19.4 Å². The van der Waals surface area contributed by atoms with Gasteiger partial charge in [-0.15, -0.1) is 0 Å². The Balaban J connectivity index is 3.54. The van der Waals surface area contributed by atoms with Gasteiger partial charge in [0.05, 0.1) is 6.10 Å². The second-order valence-corrected chi connectivity index (χ2v) is 2.19. The molecule has 0 saturated carbocycles. The van der Waals surface area contributed by atoms with E-state index in [1.54, 1.807) is 6.92 Å². The van der Waals surface area contributed by atoms with Crippen LogP contribution in [0.1, 0.15) is 13.3 Å². The van der Waals surface area contributed by atoms with Crippen molar-refractivity contribution < 1.29 is 14.6 Å². The Kier molecular flexibility index (Phi) is 4.29. The Hall–Kier alpha value is -1.03. The zero-order valence-corrected chi connectivity index (χ0v) is 6.54. The fourth-order valence-electron chi connectivity index (χ4n) is 0.382.